The first kappa shape index (κ1) is 17.2. The Morgan fingerprint density at radius 2 is 2.06 bits per heavy atom. The van der Waals surface area contributed by atoms with E-state index in [1.54, 1.807) is 23.0 Å². The quantitative estimate of drug-likeness (QED) is 0.797. The number of pyridine rings is 2. The van der Waals surface area contributed by atoms with Crippen molar-refractivity contribution in [2.45, 2.75) is 27.3 Å². The van der Waals surface area contributed by atoms with Gasteiger partial charge in [-0.3, -0.25) is 4.79 Å². The van der Waals surface area contributed by atoms with Crippen LogP contribution in [-0.4, -0.2) is 9.55 Å². The molecule has 2 heterocycles. The van der Waals surface area contributed by atoms with E-state index in [2.05, 4.69) is 11.1 Å². The van der Waals surface area contributed by atoms with Crippen molar-refractivity contribution in [2.75, 3.05) is 0 Å². The van der Waals surface area contributed by atoms with Crippen molar-refractivity contribution >= 4 is 0 Å². The van der Waals surface area contributed by atoms with E-state index in [0.717, 1.165) is 11.3 Å². The second-order valence-electron chi connectivity index (χ2n) is 3.39. The van der Waals surface area contributed by atoms with E-state index in [4.69, 9.17) is 0 Å². The van der Waals surface area contributed by atoms with Crippen LogP contribution >= 0.6 is 0 Å². The number of aryl methyl sites for hydroxylation is 1. The third kappa shape index (κ3) is 5.24. The summed E-state index contributed by atoms with van der Waals surface area (Å²) in [6.45, 7) is 6.43. The van der Waals surface area contributed by atoms with Crippen LogP contribution in [0.25, 0.3) is 0 Å². The monoisotopic (exact) mass is 318 g/mol. The van der Waals surface area contributed by atoms with Crippen LogP contribution in [0.2, 0.25) is 0 Å². The third-order valence-corrected chi connectivity index (χ3v) is 2.12. The van der Waals surface area contributed by atoms with Gasteiger partial charge in [-0.05, 0) is 6.07 Å². The summed E-state index contributed by atoms with van der Waals surface area (Å²) in [6, 6.07) is 9.98. The average molecular weight is 318 g/mol. The maximum atomic E-state index is 11.4. The molecule has 0 N–H and O–H groups in total. The van der Waals surface area contributed by atoms with Crippen LogP contribution in [0.15, 0.2) is 41.5 Å². The zero-order valence-electron chi connectivity index (χ0n) is 11.1. The first-order valence-corrected chi connectivity index (χ1v) is 5.74. The Bertz CT molecular complexity index is 506. The largest absolute Gasteiger partial charge is 0.386 e. The molecule has 18 heavy (non-hydrogen) atoms. The predicted octanol–water partition coefficient (Wildman–Crippen LogP) is 2.42. The molecule has 0 aliphatic carbocycles. The van der Waals surface area contributed by atoms with Gasteiger partial charge in [0, 0.05) is 51.5 Å². The molecular formula is C14H17N2OY-. The predicted molar refractivity (Wildman–Crippen MR) is 69.0 cm³/mol. The Balaban J connectivity index is 0.000000917. The van der Waals surface area contributed by atoms with Crippen LogP contribution in [0.3, 0.4) is 0 Å². The minimum atomic E-state index is -0.0140. The summed E-state index contributed by atoms with van der Waals surface area (Å²) in [6.07, 6.45) is 3.51. The minimum absolute atomic E-state index is 0. The van der Waals surface area contributed by atoms with Gasteiger partial charge >= 0.3 is 0 Å². The number of aromatic nitrogens is 2. The third-order valence-electron chi connectivity index (χ3n) is 2.12. The van der Waals surface area contributed by atoms with Gasteiger partial charge < -0.3 is 9.55 Å². The summed E-state index contributed by atoms with van der Waals surface area (Å²) < 4.78 is 1.62. The summed E-state index contributed by atoms with van der Waals surface area (Å²) in [5.74, 6) is 0. The maximum Gasteiger partial charge on any atom is 0.249 e. The number of rotatable bonds is 2. The molecule has 0 amide bonds. The van der Waals surface area contributed by atoms with Gasteiger partial charge in [0.05, 0.1) is 0 Å². The summed E-state index contributed by atoms with van der Waals surface area (Å²) >= 11 is 0. The van der Waals surface area contributed by atoms with Crippen LogP contribution in [-0.2, 0) is 39.3 Å². The molecule has 0 unspecified atom stereocenters. The molecule has 1 radical (unpaired) electrons. The molecule has 93 valence electrons. The summed E-state index contributed by atoms with van der Waals surface area (Å²) in [7, 11) is 0. The van der Waals surface area contributed by atoms with Gasteiger partial charge in [-0.2, -0.15) is 12.1 Å². The van der Waals surface area contributed by atoms with Crippen molar-refractivity contribution in [3.05, 3.63) is 64.3 Å². The zero-order chi connectivity index (χ0) is 12.7. The van der Waals surface area contributed by atoms with Gasteiger partial charge in [-0.15, -0.1) is 5.56 Å². The van der Waals surface area contributed by atoms with E-state index in [9.17, 15) is 4.79 Å². The Hall–Kier alpha value is -0.796. The van der Waals surface area contributed by atoms with Crippen molar-refractivity contribution < 1.29 is 32.7 Å². The molecule has 0 bridgehead atoms. The van der Waals surface area contributed by atoms with Crippen molar-refractivity contribution in [1.82, 2.24) is 9.55 Å². The molecule has 2 aromatic rings. The molecule has 0 aromatic carbocycles. The number of hydrogen-bond donors (Lipinski definition) is 0. The van der Waals surface area contributed by atoms with E-state index in [1.807, 2.05) is 32.9 Å². The van der Waals surface area contributed by atoms with Crippen molar-refractivity contribution in [2.24, 2.45) is 0 Å². The van der Waals surface area contributed by atoms with Crippen LogP contribution in [0.4, 0.5) is 0 Å². The van der Waals surface area contributed by atoms with Gasteiger partial charge in [0.15, 0.2) is 0 Å². The molecular weight excluding hydrogens is 301 g/mol. The normalized spacial score (nSPS) is 8.83. The smallest absolute Gasteiger partial charge is 0.249 e. The fourth-order valence-corrected chi connectivity index (χ4v) is 1.30. The molecule has 0 fully saturated rings. The van der Waals surface area contributed by atoms with Crippen molar-refractivity contribution in [3.8, 4) is 0 Å². The van der Waals surface area contributed by atoms with Gasteiger partial charge in [-0.25, -0.2) is 0 Å². The standard InChI is InChI=1S/C12H11N2O.C2H6.Y/c1-10-5-6-11(13-8-10)9-14-7-3-2-4-12(14)15;1-2;/h2-4,6-8H,9H2,1H3;1-2H3;/q-1;;. The summed E-state index contributed by atoms with van der Waals surface area (Å²) in [5.41, 5.74) is 1.83. The molecule has 0 atom stereocenters. The summed E-state index contributed by atoms with van der Waals surface area (Å²) in [4.78, 5) is 15.6. The van der Waals surface area contributed by atoms with Crippen LogP contribution in [0.1, 0.15) is 25.1 Å². The van der Waals surface area contributed by atoms with Crippen LogP contribution in [0.5, 0.6) is 0 Å². The van der Waals surface area contributed by atoms with Crippen molar-refractivity contribution in [1.29, 1.82) is 0 Å². The van der Waals surface area contributed by atoms with E-state index >= 15 is 0 Å². The molecule has 3 nitrogen and oxygen atoms in total. The molecule has 2 aromatic heterocycles. The molecule has 0 spiro atoms. The Kier molecular flexibility index (Phi) is 8.77. The van der Waals surface area contributed by atoms with Crippen LogP contribution < -0.4 is 5.56 Å². The molecule has 0 saturated heterocycles. The zero-order valence-corrected chi connectivity index (χ0v) is 13.9. The SMILES string of the molecule is CC.Cc1[c-]cc(Cn2ccccc2=O)nc1.[Y]. The molecule has 2 rings (SSSR count). The fraction of sp³-hybridized carbons (Fsp3) is 0.286. The van der Waals surface area contributed by atoms with Gasteiger partial charge in [0.2, 0.25) is 5.56 Å². The van der Waals surface area contributed by atoms with Crippen LogP contribution in [0, 0.1) is 13.0 Å². The van der Waals surface area contributed by atoms with Gasteiger partial charge in [0.1, 0.15) is 0 Å². The molecule has 0 aliphatic heterocycles. The Labute approximate surface area is 133 Å². The Morgan fingerprint density at radius 1 is 1.33 bits per heavy atom. The fourth-order valence-electron chi connectivity index (χ4n) is 1.30. The first-order chi connectivity index (χ1) is 8.25. The summed E-state index contributed by atoms with van der Waals surface area (Å²) in [5, 5.41) is 0. The number of nitrogens with zero attached hydrogens (tertiary/aromatic N) is 2. The topological polar surface area (TPSA) is 34.9 Å². The first-order valence-electron chi connectivity index (χ1n) is 5.74. The van der Waals surface area contributed by atoms with E-state index < -0.39 is 0 Å². The van der Waals surface area contributed by atoms with Gasteiger partial charge in [0.25, 0.3) is 0 Å². The molecule has 0 aliphatic rings. The number of hydrogen-bond acceptors (Lipinski definition) is 2. The Morgan fingerprint density at radius 3 is 2.61 bits per heavy atom. The maximum absolute atomic E-state index is 11.4. The average Bonchev–Trinajstić information content (AvgIpc) is 2.37. The molecule has 0 saturated carbocycles. The van der Waals surface area contributed by atoms with E-state index in [-0.39, 0.29) is 38.3 Å². The van der Waals surface area contributed by atoms with Crippen molar-refractivity contribution in [3.63, 3.8) is 0 Å². The second kappa shape index (κ2) is 9.18. The van der Waals surface area contributed by atoms with E-state index in [1.165, 1.54) is 6.07 Å². The van der Waals surface area contributed by atoms with E-state index in [0.29, 0.717) is 6.54 Å². The van der Waals surface area contributed by atoms with Gasteiger partial charge in [-0.1, -0.05) is 38.7 Å². The second-order valence-corrected chi connectivity index (χ2v) is 3.39. The molecule has 4 heteroatoms. The minimum Gasteiger partial charge on any atom is -0.386 e.